The van der Waals surface area contributed by atoms with Crippen LogP contribution in [0.1, 0.15) is 13.8 Å². The van der Waals surface area contributed by atoms with Crippen molar-refractivity contribution in [3.05, 3.63) is 24.3 Å². The summed E-state index contributed by atoms with van der Waals surface area (Å²) in [4.78, 5) is 11.5. The maximum atomic E-state index is 11.5. The topological polar surface area (TPSA) is 73.6 Å². The second-order valence-electron chi connectivity index (χ2n) is 4.11. The lowest BCUT2D eigenvalue weighted by atomic mass is 10.3. The Labute approximate surface area is 107 Å². The van der Waals surface area contributed by atoms with Crippen molar-refractivity contribution in [1.82, 2.24) is 0 Å². The van der Waals surface area contributed by atoms with Crippen LogP contribution >= 0.6 is 0 Å². The first-order valence-electron chi connectivity index (χ1n) is 5.93. The van der Waals surface area contributed by atoms with Crippen molar-refractivity contribution in [2.75, 3.05) is 30.9 Å². The smallest absolute Gasteiger partial charge is 0.250 e. The van der Waals surface area contributed by atoms with Crippen molar-refractivity contribution in [1.29, 1.82) is 0 Å². The summed E-state index contributed by atoms with van der Waals surface area (Å²) in [6.45, 7) is 4.78. The summed E-state index contributed by atoms with van der Waals surface area (Å²) in [5.74, 6) is -0.225. The van der Waals surface area contributed by atoms with Gasteiger partial charge in [0.1, 0.15) is 6.61 Å². The molecule has 0 aliphatic rings. The highest BCUT2D eigenvalue weighted by Crippen LogP contribution is 2.16. The third-order valence-electron chi connectivity index (χ3n) is 2.15. The van der Waals surface area contributed by atoms with Gasteiger partial charge in [-0.2, -0.15) is 0 Å². The van der Waals surface area contributed by atoms with E-state index in [9.17, 15) is 4.79 Å². The summed E-state index contributed by atoms with van der Waals surface area (Å²) in [6.07, 6.45) is 0.173. The predicted octanol–water partition coefficient (Wildman–Crippen LogP) is 1.65. The van der Waals surface area contributed by atoms with E-state index in [4.69, 9.17) is 15.2 Å². The van der Waals surface area contributed by atoms with Gasteiger partial charge in [-0.25, -0.2) is 0 Å². The lowest BCUT2D eigenvalue weighted by molar-refractivity contribution is -0.121. The number of amides is 1. The Balaban J connectivity index is 2.20. The highest BCUT2D eigenvalue weighted by atomic mass is 16.5. The van der Waals surface area contributed by atoms with Crippen LogP contribution in [0, 0.1) is 0 Å². The van der Waals surface area contributed by atoms with E-state index < -0.39 is 0 Å². The maximum absolute atomic E-state index is 11.5. The number of nitrogen functional groups attached to an aromatic ring is 1. The van der Waals surface area contributed by atoms with Crippen LogP contribution in [0.2, 0.25) is 0 Å². The molecule has 0 aliphatic heterocycles. The lowest BCUT2D eigenvalue weighted by Gasteiger charge is -2.09. The van der Waals surface area contributed by atoms with Gasteiger partial charge in [0.25, 0.3) is 0 Å². The Kier molecular flexibility index (Phi) is 6.18. The molecule has 0 bridgehead atoms. The average Bonchev–Trinajstić information content (AvgIpc) is 2.31. The standard InChI is InChI=1S/C13H20N2O3/c1-10(2)18-8-7-17-9-13(16)15-12-6-4-3-5-11(12)14/h3-6,10H,7-9,14H2,1-2H3,(H,15,16). The van der Waals surface area contributed by atoms with Crippen LogP contribution in [0.25, 0.3) is 0 Å². The normalized spacial score (nSPS) is 10.6. The zero-order chi connectivity index (χ0) is 13.4. The molecule has 0 fully saturated rings. The molecule has 5 heteroatoms. The molecule has 0 heterocycles. The van der Waals surface area contributed by atoms with Gasteiger partial charge in [0.05, 0.1) is 30.7 Å². The second-order valence-corrected chi connectivity index (χ2v) is 4.11. The van der Waals surface area contributed by atoms with Gasteiger partial charge in [0.2, 0.25) is 5.91 Å². The molecular formula is C13H20N2O3. The third-order valence-corrected chi connectivity index (χ3v) is 2.15. The minimum atomic E-state index is -0.225. The summed E-state index contributed by atoms with van der Waals surface area (Å²) in [5.41, 5.74) is 6.84. The molecule has 18 heavy (non-hydrogen) atoms. The molecule has 1 aromatic carbocycles. The van der Waals surface area contributed by atoms with Gasteiger partial charge >= 0.3 is 0 Å². The molecule has 5 nitrogen and oxygen atoms in total. The van der Waals surface area contributed by atoms with Gasteiger partial charge in [0, 0.05) is 0 Å². The number of para-hydroxylation sites is 2. The zero-order valence-corrected chi connectivity index (χ0v) is 10.8. The predicted molar refractivity (Wildman–Crippen MR) is 71.4 cm³/mol. The van der Waals surface area contributed by atoms with Crippen LogP contribution in [0.3, 0.4) is 0 Å². The Bertz CT molecular complexity index is 380. The Morgan fingerprint density at radius 2 is 2.06 bits per heavy atom. The quantitative estimate of drug-likeness (QED) is 0.571. The first-order chi connectivity index (χ1) is 8.59. The number of benzene rings is 1. The van der Waals surface area contributed by atoms with Crippen LogP contribution in [0.4, 0.5) is 11.4 Å². The largest absolute Gasteiger partial charge is 0.397 e. The number of ether oxygens (including phenoxy) is 2. The SMILES string of the molecule is CC(C)OCCOCC(=O)Nc1ccccc1N. The number of hydrogen-bond acceptors (Lipinski definition) is 4. The van der Waals surface area contributed by atoms with Crippen molar-refractivity contribution in [2.24, 2.45) is 0 Å². The van der Waals surface area contributed by atoms with E-state index in [1.807, 2.05) is 26.0 Å². The molecule has 0 unspecified atom stereocenters. The van der Waals surface area contributed by atoms with E-state index in [-0.39, 0.29) is 18.6 Å². The highest BCUT2D eigenvalue weighted by molar-refractivity contribution is 5.94. The Hall–Kier alpha value is -1.59. The van der Waals surface area contributed by atoms with E-state index in [0.29, 0.717) is 24.6 Å². The third kappa shape index (κ3) is 5.65. The molecular weight excluding hydrogens is 232 g/mol. The minimum Gasteiger partial charge on any atom is -0.397 e. The van der Waals surface area contributed by atoms with Crippen molar-refractivity contribution in [2.45, 2.75) is 20.0 Å². The number of nitrogens with two attached hydrogens (primary N) is 1. The lowest BCUT2D eigenvalue weighted by Crippen LogP contribution is -2.20. The van der Waals surface area contributed by atoms with E-state index in [2.05, 4.69) is 5.32 Å². The van der Waals surface area contributed by atoms with E-state index in [1.165, 1.54) is 0 Å². The molecule has 0 spiro atoms. The Morgan fingerprint density at radius 1 is 1.33 bits per heavy atom. The number of anilines is 2. The number of nitrogens with one attached hydrogen (secondary N) is 1. The molecule has 0 atom stereocenters. The summed E-state index contributed by atoms with van der Waals surface area (Å²) < 4.78 is 10.5. The van der Waals surface area contributed by atoms with Crippen LogP contribution in [-0.4, -0.2) is 31.8 Å². The first kappa shape index (κ1) is 14.5. The number of carbonyl (C=O) groups excluding carboxylic acids is 1. The van der Waals surface area contributed by atoms with Gasteiger partial charge in [-0.15, -0.1) is 0 Å². The highest BCUT2D eigenvalue weighted by Gasteiger charge is 2.04. The fraction of sp³-hybridized carbons (Fsp3) is 0.462. The molecule has 0 aromatic heterocycles. The van der Waals surface area contributed by atoms with Crippen molar-refractivity contribution in [3.8, 4) is 0 Å². The molecule has 1 amide bonds. The Morgan fingerprint density at radius 3 is 2.72 bits per heavy atom. The van der Waals surface area contributed by atoms with Gasteiger partial charge in [-0.1, -0.05) is 12.1 Å². The van der Waals surface area contributed by atoms with E-state index in [1.54, 1.807) is 12.1 Å². The number of carbonyl (C=O) groups is 1. The number of rotatable bonds is 7. The van der Waals surface area contributed by atoms with Gasteiger partial charge in [-0.05, 0) is 26.0 Å². The fourth-order valence-corrected chi connectivity index (χ4v) is 1.30. The van der Waals surface area contributed by atoms with Crippen LogP contribution in [0.5, 0.6) is 0 Å². The van der Waals surface area contributed by atoms with E-state index in [0.717, 1.165) is 0 Å². The molecule has 1 rings (SSSR count). The molecule has 3 N–H and O–H groups in total. The maximum Gasteiger partial charge on any atom is 0.250 e. The van der Waals surface area contributed by atoms with Crippen molar-refractivity contribution >= 4 is 17.3 Å². The van der Waals surface area contributed by atoms with Crippen LogP contribution in [-0.2, 0) is 14.3 Å². The zero-order valence-electron chi connectivity index (χ0n) is 10.8. The van der Waals surface area contributed by atoms with Crippen molar-refractivity contribution in [3.63, 3.8) is 0 Å². The summed E-state index contributed by atoms with van der Waals surface area (Å²) in [5, 5.41) is 2.68. The molecule has 1 aromatic rings. The molecule has 0 aliphatic carbocycles. The molecule has 0 radical (unpaired) electrons. The summed E-state index contributed by atoms with van der Waals surface area (Å²) in [6, 6.07) is 7.09. The van der Waals surface area contributed by atoms with E-state index >= 15 is 0 Å². The molecule has 100 valence electrons. The monoisotopic (exact) mass is 252 g/mol. The van der Waals surface area contributed by atoms with Gasteiger partial charge in [-0.3, -0.25) is 4.79 Å². The fourth-order valence-electron chi connectivity index (χ4n) is 1.30. The minimum absolute atomic E-state index is 0.00418. The van der Waals surface area contributed by atoms with Crippen LogP contribution in [0.15, 0.2) is 24.3 Å². The number of hydrogen-bond donors (Lipinski definition) is 2. The van der Waals surface area contributed by atoms with Crippen molar-refractivity contribution < 1.29 is 14.3 Å². The second kappa shape index (κ2) is 7.68. The van der Waals surface area contributed by atoms with Crippen LogP contribution < -0.4 is 11.1 Å². The summed E-state index contributed by atoms with van der Waals surface area (Å²) >= 11 is 0. The van der Waals surface area contributed by atoms with Gasteiger partial charge < -0.3 is 20.5 Å². The molecule has 0 saturated heterocycles. The van der Waals surface area contributed by atoms with Gasteiger partial charge in [0.15, 0.2) is 0 Å². The first-order valence-corrected chi connectivity index (χ1v) is 5.93. The average molecular weight is 252 g/mol. The molecule has 0 saturated carbocycles. The summed E-state index contributed by atoms with van der Waals surface area (Å²) in [7, 11) is 0.